The highest BCUT2D eigenvalue weighted by molar-refractivity contribution is 5.85. The van der Waals surface area contributed by atoms with Crippen molar-refractivity contribution in [2.75, 3.05) is 13.1 Å². The maximum absolute atomic E-state index is 12.5. The average Bonchev–Trinajstić information content (AvgIpc) is 2.33. The van der Waals surface area contributed by atoms with Crippen molar-refractivity contribution in [3.8, 4) is 0 Å². The normalized spacial score (nSPS) is 24.2. The van der Waals surface area contributed by atoms with E-state index in [4.69, 9.17) is 0 Å². The largest absolute Gasteiger partial charge is 0.416 e. The van der Waals surface area contributed by atoms with Gasteiger partial charge in [0.15, 0.2) is 0 Å². The lowest BCUT2D eigenvalue weighted by Crippen LogP contribution is -2.53. The number of nitrogens with one attached hydrogen (secondary N) is 1. The van der Waals surface area contributed by atoms with Crippen LogP contribution in [0.15, 0.2) is 24.3 Å². The fraction of sp³-hybridized carbons (Fsp3) is 0.571. The van der Waals surface area contributed by atoms with E-state index >= 15 is 0 Å². The molecule has 1 aromatic rings. The van der Waals surface area contributed by atoms with Crippen LogP contribution >= 0.6 is 12.4 Å². The Kier molecular flexibility index (Phi) is 5.86. The molecule has 0 bridgehead atoms. The molecule has 1 aliphatic heterocycles. The van der Waals surface area contributed by atoms with E-state index in [1.54, 1.807) is 12.1 Å². The molecule has 0 radical (unpaired) electrons. The second-order valence-electron chi connectivity index (χ2n) is 5.28. The van der Waals surface area contributed by atoms with E-state index in [2.05, 4.69) is 24.1 Å². The summed E-state index contributed by atoms with van der Waals surface area (Å²) in [6.07, 6.45) is -4.25. The molecule has 1 aromatic carbocycles. The fourth-order valence-corrected chi connectivity index (χ4v) is 2.35. The van der Waals surface area contributed by atoms with E-state index < -0.39 is 11.7 Å². The molecule has 0 spiro atoms. The van der Waals surface area contributed by atoms with Crippen LogP contribution in [0.5, 0.6) is 0 Å². The van der Waals surface area contributed by atoms with E-state index in [1.807, 2.05) is 0 Å². The monoisotopic (exact) mass is 308 g/mol. The number of rotatable bonds is 2. The van der Waals surface area contributed by atoms with Crippen molar-refractivity contribution in [3.05, 3.63) is 35.4 Å². The molecular formula is C14H20ClF3N2. The van der Waals surface area contributed by atoms with Crippen molar-refractivity contribution in [1.82, 2.24) is 10.2 Å². The van der Waals surface area contributed by atoms with E-state index in [1.165, 1.54) is 0 Å². The van der Waals surface area contributed by atoms with Gasteiger partial charge < -0.3 is 5.32 Å². The van der Waals surface area contributed by atoms with Crippen molar-refractivity contribution in [1.29, 1.82) is 0 Å². The second-order valence-corrected chi connectivity index (χ2v) is 5.28. The topological polar surface area (TPSA) is 15.3 Å². The first-order valence-corrected chi connectivity index (χ1v) is 6.50. The Morgan fingerprint density at radius 1 is 1.20 bits per heavy atom. The predicted molar refractivity (Wildman–Crippen MR) is 76.0 cm³/mol. The highest BCUT2D eigenvalue weighted by atomic mass is 35.5. The van der Waals surface area contributed by atoms with Gasteiger partial charge in [0.2, 0.25) is 0 Å². The summed E-state index contributed by atoms with van der Waals surface area (Å²) in [5, 5.41) is 3.39. The molecule has 1 N–H and O–H groups in total. The quantitative estimate of drug-likeness (QED) is 0.902. The summed E-state index contributed by atoms with van der Waals surface area (Å²) in [6.45, 7) is 6.78. The third-order valence-electron chi connectivity index (χ3n) is 3.56. The molecule has 1 aliphatic rings. The summed E-state index contributed by atoms with van der Waals surface area (Å²) in [5.74, 6) is 0. The van der Waals surface area contributed by atoms with Crippen LogP contribution in [0.4, 0.5) is 13.2 Å². The molecular weight excluding hydrogens is 289 g/mol. The lowest BCUT2D eigenvalue weighted by Gasteiger charge is -2.37. The fourth-order valence-electron chi connectivity index (χ4n) is 2.35. The minimum atomic E-state index is -4.25. The molecule has 1 fully saturated rings. The third kappa shape index (κ3) is 4.36. The number of alkyl halides is 3. The van der Waals surface area contributed by atoms with E-state index in [0.29, 0.717) is 18.6 Å². The molecule has 1 saturated heterocycles. The Morgan fingerprint density at radius 3 is 2.35 bits per heavy atom. The van der Waals surface area contributed by atoms with Crippen molar-refractivity contribution < 1.29 is 13.2 Å². The molecule has 2 rings (SSSR count). The number of halogens is 4. The van der Waals surface area contributed by atoms with Crippen LogP contribution in [-0.2, 0) is 12.7 Å². The van der Waals surface area contributed by atoms with Crippen LogP contribution in [0.2, 0.25) is 0 Å². The molecule has 0 aliphatic carbocycles. The zero-order chi connectivity index (χ0) is 14.0. The van der Waals surface area contributed by atoms with Crippen LogP contribution in [0.1, 0.15) is 25.0 Å². The van der Waals surface area contributed by atoms with Crippen LogP contribution in [-0.4, -0.2) is 30.1 Å². The van der Waals surface area contributed by atoms with Gasteiger partial charge in [-0.05, 0) is 31.5 Å². The van der Waals surface area contributed by atoms with E-state index in [-0.39, 0.29) is 12.4 Å². The molecule has 0 saturated carbocycles. The number of benzene rings is 1. The van der Waals surface area contributed by atoms with Gasteiger partial charge in [-0.3, -0.25) is 4.90 Å². The number of nitrogens with zero attached hydrogens (tertiary/aromatic N) is 1. The SMILES string of the molecule is C[C@@H]1CN(Cc2ccc(C(F)(F)F)cc2)[C@@H](C)CN1.Cl. The lowest BCUT2D eigenvalue weighted by molar-refractivity contribution is -0.137. The Morgan fingerprint density at radius 2 is 1.80 bits per heavy atom. The van der Waals surface area contributed by atoms with Crippen LogP contribution in [0.25, 0.3) is 0 Å². The maximum atomic E-state index is 12.5. The average molecular weight is 309 g/mol. The maximum Gasteiger partial charge on any atom is 0.416 e. The first kappa shape index (κ1) is 17.3. The molecule has 0 aromatic heterocycles. The van der Waals surface area contributed by atoms with Crippen molar-refractivity contribution in [2.45, 2.75) is 38.7 Å². The molecule has 6 heteroatoms. The third-order valence-corrected chi connectivity index (χ3v) is 3.56. The zero-order valence-electron chi connectivity index (χ0n) is 11.6. The van der Waals surface area contributed by atoms with Gasteiger partial charge in [-0.1, -0.05) is 12.1 Å². The van der Waals surface area contributed by atoms with Crippen molar-refractivity contribution in [3.63, 3.8) is 0 Å². The van der Waals surface area contributed by atoms with Gasteiger partial charge in [-0.2, -0.15) is 13.2 Å². The van der Waals surface area contributed by atoms with Gasteiger partial charge in [0.1, 0.15) is 0 Å². The lowest BCUT2D eigenvalue weighted by atomic mass is 10.1. The number of piperazine rings is 1. The van der Waals surface area contributed by atoms with Crippen molar-refractivity contribution in [2.24, 2.45) is 0 Å². The highest BCUT2D eigenvalue weighted by Crippen LogP contribution is 2.29. The Hall–Kier alpha value is -0.780. The molecule has 114 valence electrons. The van der Waals surface area contributed by atoms with Gasteiger partial charge in [0.25, 0.3) is 0 Å². The van der Waals surface area contributed by atoms with E-state index in [0.717, 1.165) is 30.8 Å². The van der Waals surface area contributed by atoms with Crippen LogP contribution in [0.3, 0.4) is 0 Å². The first-order chi connectivity index (χ1) is 8.86. The van der Waals surface area contributed by atoms with E-state index in [9.17, 15) is 13.2 Å². The first-order valence-electron chi connectivity index (χ1n) is 6.50. The van der Waals surface area contributed by atoms with Gasteiger partial charge in [0, 0.05) is 31.7 Å². The molecule has 2 atom stereocenters. The number of hydrogen-bond donors (Lipinski definition) is 1. The van der Waals surface area contributed by atoms with Gasteiger partial charge in [0.05, 0.1) is 5.56 Å². The minimum Gasteiger partial charge on any atom is -0.311 e. The molecule has 0 amide bonds. The molecule has 2 nitrogen and oxygen atoms in total. The van der Waals surface area contributed by atoms with Crippen LogP contribution < -0.4 is 5.32 Å². The standard InChI is InChI=1S/C14H19F3N2.ClH/c1-10-8-19(11(2)7-18-10)9-12-3-5-13(6-4-12)14(15,16)17;/h3-6,10-11,18H,7-9H2,1-2H3;1H/t10-,11+;/m1./s1. The summed E-state index contributed by atoms with van der Waals surface area (Å²) in [7, 11) is 0. The van der Waals surface area contributed by atoms with Crippen molar-refractivity contribution >= 4 is 12.4 Å². The zero-order valence-corrected chi connectivity index (χ0v) is 12.4. The summed E-state index contributed by atoms with van der Waals surface area (Å²) in [4.78, 5) is 2.30. The summed E-state index contributed by atoms with van der Waals surface area (Å²) >= 11 is 0. The van der Waals surface area contributed by atoms with Crippen LogP contribution in [0, 0.1) is 0 Å². The van der Waals surface area contributed by atoms with Gasteiger partial charge >= 0.3 is 6.18 Å². The smallest absolute Gasteiger partial charge is 0.311 e. The summed E-state index contributed by atoms with van der Waals surface area (Å²) < 4.78 is 37.4. The molecule has 0 unspecified atom stereocenters. The second kappa shape index (κ2) is 6.78. The van der Waals surface area contributed by atoms with Gasteiger partial charge in [-0.25, -0.2) is 0 Å². The number of hydrogen-bond acceptors (Lipinski definition) is 2. The molecule has 20 heavy (non-hydrogen) atoms. The minimum absolute atomic E-state index is 0. The Bertz CT molecular complexity index is 419. The summed E-state index contributed by atoms with van der Waals surface area (Å²) in [5.41, 5.74) is 0.340. The predicted octanol–water partition coefficient (Wildman–Crippen LogP) is 3.31. The highest BCUT2D eigenvalue weighted by Gasteiger charge is 2.30. The molecule has 1 heterocycles. The van der Waals surface area contributed by atoms with Gasteiger partial charge in [-0.15, -0.1) is 12.4 Å². The summed E-state index contributed by atoms with van der Waals surface area (Å²) in [6, 6.07) is 6.28. The Balaban J connectivity index is 0.00000200. The Labute approximate surface area is 123 Å².